The molecule has 2 saturated heterocycles. The highest BCUT2D eigenvalue weighted by atomic mass is 16.5. The number of nitrogens with zero attached hydrogens (tertiary/aromatic N) is 1. The molecule has 0 unspecified atom stereocenters. The highest BCUT2D eigenvalue weighted by molar-refractivity contribution is 5.78. The van der Waals surface area contributed by atoms with E-state index in [2.05, 4.69) is 22.3 Å². The van der Waals surface area contributed by atoms with Gasteiger partial charge in [-0.25, -0.2) is 0 Å². The van der Waals surface area contributed by atoms with Gasteiger partial charge in [-0.3, -0.25) is 9.69 Å². The smallest absolute Gasteiger partial charge is 0.234 e. The van der Waals surface area contributed by atoms with Gasteiger partial charge in [-0.15, -0.1) is 0 Å². The summed E-state index contributed by atoms with van der Waals surface area (Å²) in [6.45, 7) is 3.94. The molecule has 0 aromatic heterocycles. The van der Waals surface area contributed by atoms with Crippen LogP contribution in [-0.4, -0.2) is 56.8 Å². The molecule has 3 rings (SSSR count). The Morgan fingerprint density at radius 2 is 2.00 bits per heavy atom. The zero-order chi connectivity index (χ0) is 16.8. The third-order valence-electron chi connectivity index (χ3n) is 5.09. The molecule has 5 heteroatoms. The molecule has 0 saturated carbocycles. The van der Waals surface area contributed by atoms with Crippen LogP contribution in [0.15, 0.2) is 24.3 Å². The number of rotatable bonds is 6. The molecule has 1 aromatic rings. The molecule has 0 bridgehead atoms. The van der Waals surface area contributed by atoms with E-state index in [1.165, 1.54) is 5.56 Å². The Kier molecular flexibility index (Phi) is 6.10. The summed E-state index contributed by atoms with van der Waals surface area (Å²) in [7, 11) is 1.69. The van der Waals surface area contributed by atoms with Crippen molar-refractivity contribution < 1.29 is 14.3 Å². The summed E-state index contributed by atoms with van der Waals surface area (Å²) in [4.78, 5) is 14.3. The number of hydrogen-bond donors (Lipinski definition) is 1. The van der Waals surface area contributed by atoms with Crippen LogP contribution in [0.3, 0.4) is 0 Å². The van der Waals surface area contributed by atoms with Gasteiger partial charge in [0, 0.05) is 13.2 Å². The van der Waals surface area contributed by atoms with Gasteiger partial charge in [-0.05, 0) is 62.4 Å². The Labute approximate surface area is 144 Å². The first-order valence-corrected chi connectivity index (χ1v) is 8.99. The molecule has 2 fully saturated rings. The number of amides is 1. The van der Waals surface area contributed by atoms with E-state index in [-0.39, 0.29) is 12.0 Å². The van der Waals surface area contributed by atoms with Crippen LogP contribution in [0.4, 0.5) is 0 Å². The summed E-state index contributed by atoms with van der Waals surface area (Å²) in [6, 6.07) is 8.38. The molecule has 132 valence electrons. The van der Waals surface area contributed by atoms with Gasteiger partial charge in [-0.2, -0.15) is 0 Å². The number of methoxy groups -OCH3 is 1. The van der Waals surface area contributed by atoms with Gasteiger partial charge in [0.1, 0.15) is 5.75 Å². The standard InChI is InChI=1S/C19H28N2O3/c1-23-17-6-4-15(5-7-17)16-8-10-21(11-9-16)14-19(22)20-13-18-3-2-12-24-18/h4-7,16,18H,2-3,8-14H2,1H3,(H,20,22)/t18-/m1/s1. The molecule has 2 aliphatic rings. The van der Waals surface area contributed by atoms with Crippen LogP contribution in [0.2, 0.25) is 0 Å². The summed E-state index contributed by atoms with van der Waals surface area (Å²) in [6.07, 6.45) is 4.60. The zero-order valence-electron chi connectivity index (χ0n) is 14.5. The van der Waals surface area contributed by atoms with Gasteiger partial charge in [0.25, 0.3) is 0 Å². The number of piperidine rings is 1. The summed E-state index contributed by atoms with van der Waals surface area (Å²) < 4.78 is 10.8. The fourth-order valence-electron chi connectivity index (χ4n) is 3.59. The summed E-state index contributed by atoms with van der Waals surface area (Å²) in [5, 5.41) is 3.01. The predicted molar refractivity (Wildman–Crippen MR) is 93.4 cm³/mol. The molecular weight excluding hydrogens is 304 g/mol. The van der Waals surface area contributed by atoms with Crippen LogP contribution in [-0.2, 0) is 9.53 Å². The van der Waals surface area contributed by atoms with Crippen LogP contribution >= 0.6 is 0 Å². The largest absolute Gasteiger partial charge is 0.497 e. The molecule has 0 radical (unpaired) electrons. The summed E-state index contributed by atoms with van der Waals surface area (Å²) >= 11 is 0. The van der Waals surface area contributed by atoms with Crippen LogP contribution in [0, 0.1) is 0 Å². The molecule has 2 aliphatic heterocycles. The number of ether oxygens (including phenoxy) is 2. The van der Waals surface area contributed by atoms with Crippen LogP contribution in [0.1, 0.15) is 37.2 Å². The number of likely N-dealkylation sites (tertiary alicyclic amines) is 1. The van der Waals surface area contributed by atoms with Crippen molar-refractivity contribution in [2.24, 2.45) is 0 Å². The topological polar surface area (TPSA) is 50.8 Å². The molecule has 24 heavy (non-hydrogen) atoms. The molecule has 1 aromatic carbocycles. The monoisotopic (exact) mass is 332 g/mol. The zero-order valence-corrected chi connectivity index (χ0v) is 14.5. The van der Waals surface area contributed by atoms with Gasteiger partial charge >= 0.3 is 0 Å². The Morgan fingerprint density at radius 3 is 2.62 bits per heavy atom. The van der Waals surface area contributed by atoms with Crippen molar-refractivity contribution in [3.8, 4) is 5.75 Å². The van der Waals surface area contributed by atoms with Crippen molar-refractivity contribution in [1.82, 2.24) is 10.2 Å². The van der Waals surface area contributed by atoms with Gasteiger partial charge in [0.05, 0.1) is 19.8 Å². The second-order valence-corrected chi connectivity index (χ2v) is 6.76. The quantitative estimate of drug-likeness (QED) is 0.867. The Bertz CT molecular complexity index is 518. The maximum Gasteiger partial charge on any atom is 0.234 e. The first kappa shape index (κ1) is 17.2. The van der Waals surface area contributed by atoms with Crippen LogP contribution in [0.5, 0.6) is 5.75 Å². The van der Waals surface area contributed by atoms with E-state index in [9.17, 15) is 4.79 Å². The Balaban J connectivity index is 1.38. The normalized spacial score (nSPS) is 22.5. The number of nitrogens with one attached hydrogen (secondary N) is 1. The summed E-state index contributed by atoms with van der Waals surface area (Å²) in [5.41, 5.74) is 1.37. The minimum Gasteiger partial charge on any atom is -0.497 e. The fraction of sp³-hybridized carbons (Fsp3) is 0.632. The lowest BCUT2D eigenvalue weighted by Gasteiger charge is -2.31. The van der Waals surface area contributed by atoms with Crippen molar-refractivity contribution in [1.29, 1.82) is 0 Å². The van der Waals surface area contributed by atoms with E-state index in [4.69, 9.17) is 9.47 Å². The average molecular weight is 332 g/mol. The van der Waals surface area contributed by atoms with Crippen LogP contribution in [0.25, 0.3) is 0 Å². The highest BCUT2D eigenvalue weighted by Crippen LogP contribution is 2.29. The third kappa shape index (κ3) is 4.71. The van der Waals surface area contributed by atoms with E-state index >= 15 is 0 Å². The molecule has 2 heterocycles. The third-order valence-corrected chi connectivity index (χ3v) is 5.09. The van der Waals surface area contributed by atoms with E-state index < -0.39 is 0 Å². The van der Waals surface area contributed by atoms with E-state index in [0.717, 1.165) is 51.1 Å². The Morgan fingerprint density at radius 1 is 1.25 bits per heavy atom. The van der Waals surface area contributed by atoms with Gasteiger partial charge in [-0.1, -0.05) is 12.1 Å². The minimum absolute atomic E-state index is 0.119. The van der Waals surface area contributed by atoms with E-state index in [1.54, 1.807) is 7.11 Å². The number of carbonyl (C=O) groups is 1. The summed E-state index contributed by atoms with van der Waals surface area (Å²) in [5.74, 6) is 1.61. The lowest BCUT2D eigenvalue weighted by atomic mass is 9.89. The average Bonchev–Trinajstić information content (AvgIpc) is 3.14. The maximum absolute atomic E-state index is 12.1. The number of carbonyl (C=O) groups excluding carboxylic acids is 1. The molecule has 1 amide bonds. The van der Waals surface area contributed by atoms with Crippen molar-refractivity contribution in [2.75, 3.05) is 39.9 Å². The highest BCUT2D eigenvalue weighted by Gasteiger charge is 2.22. The molecule has 0 spiro atoms. The first-order valence-electron chi connectivity index (χ1n) is 8.99. The van der Waals surface area contributed by atoms with Crippen molar-refractivity contribution in [3.63, 3.8) is 0 Å². The minimum atomic E-state index is 0.119. The molecule has 0 aliphatic carbocycles. The van der Waals surface area contributed by atoms with Crippen LogP contribution < -0.4 is 10.1 Å². The lowest BCUT2D eigenvalue weighted by molar-refractivity contribution is -0.123. The van der Waals surface area contributed by atoms with Crippen molar-refractivity contribution in [3.05, 3.63) is 29.8 Å². The lowest BCUT2D eigenvalue weighted by Crippen LogP contribution is -2.42. The SMILES string of the molecule is COc1ccc(C2CCN(CC(=O)NC[C@H]3CCCO3)CC2)cc1. The van der Waals surface area contributed by atoms with E-state index in [0.29, 0.717) is 19.0 Å². The second kappa shape index (κ2) is 8.49. The van der Waals surface area contributed by atoms with Crippen molar-refractivity contribution in [2.45, 2.75) is 37.7 Å². The second-order valence-electron chi connectivity index (χ2n) is 6.76. The van der Waals surface area contributed by atoms with Gasteiger partial charge in [0.2, 0.25) is 5.91 Å². The van der Waals surface area contributed by atoms with Gasteiger partial charge in [0.15, 0.2) is 0 Å². The number of hydrogen-bond acceptors (Lipinski definition) is 4. The van der Waals surface area contributed by atoms with Gasteiger partial charge < -0.3 is 14.8 Å². The molecule has 5 nitrogen and oxygen atoms in total. The van der Waals surface area contributed by atoms with E-state index in [1.807, 2.05) is 12.1 Å². The molecule has 1 N–H and O–H groups in total. The Hall–Kier alpha value is -1.59. The fourth-order valence-corrected chi connectivity index (χ4v) is 3.59. The van der Waals surface area contributed by atoms with Crippen molar-refractivity contribution >= 4 is 5.91 Å². The number of benzene rings is 1. The first-order chi connectivity index (χ1) is 11.7. The predicted octanol–water partition coefficient (Wildman–Crippen LogP) is 2.17. The maximum atomic E-state index is 12.1. The molecular formula is C19H28N2O3. The molecule has 1 atom stereocenters.